The van der Waals surface area contributed by atoms with Gasteiger partial charge in [-0.15, -0.1) is 0 Å². The van der Waals surface area contributed by atoms with Crippen LogP contribution in [0.5, 0.6) is 0 Å². The second kappa shape index (κ2) is 7.55. The van der Waals surface area contributed by atoms with Crippen molar-refractivity contribution in [1.29, 1.82) is 0 Å². The van der Waals surface area contributed by atoms with Crippen molar-refractivity contribution in [3.63, 3.8) is 0 Å². The zero-order valence-corrected chi connectivity index (χ0v) is 13.2. The van der Waals surface area contributed by atoms with Gasteiger partial charge in [0, 0.05) is 10.5 Å². The maximum absolute atomic E-state index is 13.3. The lowest BCUT2D eigenvalue weighted by Gasteiger charge is -2.18. The molecule has 0 heterocycles. The Bertz CT molecular complexity index is 509. The van der Waals surface area contributed by atoms with E-state index in [1.54, 1.807) is 12.1 Å². The summed E-state index contributed by atoms with van der Waals surface area (Å²) in [5, 5.41) is 3.48. The minimum absolute atomic E-state index is 0.166. The van der Waals surface area contributed by atoms with E-state index in [1.807, 2.05) is 18.2 Å². The van der Waals surface area contributed by atoms with E-state index in [2.05, 4.69) is 40.3 Å². The van der Waals surface area contributed by atoms with Crippen LogP contribution in [0.2, 0.25) is 0 Å². The summed E-state index contributed by atoms with van der Waals surface area (Å²) in [5.41, 5.74) is 2.31. The lowest BCUT2D eigenvalue weighted by molar-refractivity contribution is 0.519. The van der Waals surface area contributed by atoms with Crippen molar-refractivity contribution in [2.45, 2.75) is 25.8 Å². The summed E-state index contributed by atoms with van der Waals surface area (Å²) < 4.78 is 14.4. The van der Waals surface area contributed by atoms with Gasteiger partial charge in [-0.05, 0) is 54.8 Å². The van der Waals surface area contributed by atoms with Crippen LogP contribution in [0.15, 0.2) is 53.0 Å². The highest BCUT2D eigenvalue weighted by Crippen LogP contribution is 2.15. The van der Waals surface area contributed by atoms with E-state index in [4.69, 9.17) is 0 Å². The van der Waals surface area contributed by atoms with Gasteiger partial charge in [-0.2, -0.15) is 0 Å². The second-order valence-electron chi connectivity index (χ2n) is 4.92. The molecule has 1 nitrogen and oxygen atoms in total. The molecule has 0 aromatic heterocycles. The first-order chi connectivity index (χ1) is 9.67. The molecule has 0 spiro atoms. The van der Waals surface area contributed by atoms with Crippen molar-refractivity contribution in [3.05, 3.63) is 69.9 Å². The van der Waals surface area contributed by atoms with E-state index >= 15 is 0 Å². The minimum Gasteiger partial charge on any atom is -0.314 e. The second-order valence-corrected chi connectivity index (χ2v) is 5.84. The summed E-state index contributed by atoms with van der Waals surface area (Å²) in [6.07, 6.45) is 1.77. The summed E-state index contributed by atoms with van der Waals surface area (Å²) in [4.78, 5) is 0. The lowest BCUT2D eigenvalue weighted by atomic mass is 9.99. The van der Waals surface area contributed by atoms with E-state index in [1.165, 1.54) is 11.6 Å². The molecule has 0 aliphatic carbocycles. The monoisotopic (exact) mass is 335 g/mol. The number of hydrogen-bond donors (Lipinski definition) is 1. The molecular formula is C17H19BrFN. The number of hydrogen-bond acceptors (Lipinski definition) is 1. The summed E-state index contributed by atoms with van der Waals surface area (Å²) >= 11 is 3.50. The highest BCUT2D eigenvalue weighted by atomic mass is 79.9. The fourth-order valence-corrected chi connectivity index (χ4v) is 2.85. The smallest absolute Gasteiger partial charge is 0.123 e. The molecular weight excluding hydrogens is 317 g/mol. The molecule has 0 fully saturated rings. The summed E-state index contributed by atoms with van der Waals surface area (Å²) in [7, 11) is 0. The van der Waals surface area contributed by atoms with Crippen LogP contribution in [0.4, 0.5) is 4.39 Å². The van der Waals surface area contributed by atoms with Gasteiger partial charge in [-0.3, -0.25) is 0 Å². The predicted octanol–water partition coefficient (Wildman–Crippen LogP) is 4.35. The molecule has 3 heteroatoms. The van der Waals surface area contributed by atoms with Gasteiger partial charge in [-0.25, -0.2) is 4.39 Å². The highest BCUT2D eigenvalue weighted by molar-refractivity contribution is 9.10. The molecule has 1 unspecified atom stereocenters. The standard InChI is InChI=1S/C17H19BrFN/c1-2-20-17(11-13-5-3-7-15(18)9-13)12-14-6-4-8-16(19)10-14/h3-10,17,20H,2,11-12H2,1H3. The number of halogens is 2. The fraction of sp³-hybridized carbons (Fsp3) is 0.294. The van der Waals surface area contributed by atoms with E-state index < -0.39 is 0 Å². The summed E-state index contributed by atoms with van der Waals surface area (Å²) in [6, 6.07) is 15.5. The average molecular weight is 336 g/mol. The van der Waals surface area contributed by atoms with Crippen molar-refractivity contribution in [1.82, 2.24) is 5.32 Å². The van der Waals surface area contributed by atoms with Crippen molar-refractivity contribution < 1.29 is 4.39 Å². The van der Waals surface area contributed by atoms with Gasteiger partial charge >= 0.3 is 0 Å². The van der Waals surface area contributed by atoms with E-state index in [-0.39, 0.29) is 5.82 Å². The molecule has 1 N–H and O–H groups in total. The third kappa shape index (κ3) is 4.73. The Morgan fingerprint density at radius 3 is 2.30 bits per heavy atom. The van der Waals surface area contributed by atoms with Gasteiger partial charge in [0.05, 0.1) is 0 Å². The van der Waals surface area contributed by atoms with Crippen molar-refractivity contribution >= 4 is 15.9 Å². The normalized spacial score (nSPS) is 12.3. The molecule has 1 atom stereocenters. The third-order valence-corrected chi connectivity index (χ3v) is 3.73. The molecule has 0 bridgehead atoms. The number of rotatable bonds is 6. The molecule has 106 valence electrons. The van der Waals surface area contributed by atoms with Crippen LogP contribution in [0.1, 0.15) is 18.1 Å². The van der Waals surface area contributed by atoms with Crippen LogP contribution >= 0.6 is 15.9 Å². The Balaban J connectivity index is 2.07. The van der Waals surface area contributed by atoms with Gasteiger partial charge in [0.25, 0.3) is 0 Å². The van der Waals surface area contributed by atoms with Crippen LogP contribution in [-0.4, -0.2) is 12.6 Å². The molecule has 0 aliphatic heterocycles. The molecule has 2 aromatic carbocycles. The van der Waals surface area contributed by atoms with Crippen molar-refractivity contribution in [2.24, 2.45) is 0 Å². The molecule has 2 rings (SSSR count). The van der Waals surface area contributed by atoms with Gasteiger partial charge in [-0.1, -0.05) is 47.1 Å². The maximum atomic E-state index is 13.3. The lowest BCUT2D eigenvalue weighted by Crippen LogP contribution is -2.33. The summed E-state index contributed by atoms with van der Waals surface area (Å²) in [5.74, 6) is -0.166. The molecule has 0 saturated heterocycles. The Morgan fingerprint density at radius 2 is 1.70 bits per heavy atom. The predicted molar refractivity (Wildman–Crippen MR) is 85.4 cm³/mol. The molecule has 20 heavy (non-hydrogen) atoms. The van der Waals surface area contributed by atoms with Crippen LogP contribution in [0.3, 0.4) is 0 Å². The van der Waals surface area contributed by atoms with Crippen molar-refractivity contribution in [3.8, 4) is 0 Å². The molecule has 0 aliphatic rings. The molecule has 2 aromatic rings. The number of benzene rings is 2. The van der Waals surface area contributed by atoms with Crippen LogP contribution in [-0.2, 0) is 12.8 Å². The van der Waals surface area contributed by atoms with Crippen LogP contribution in [0.25, 0.3) is 0 Å². The zero-order valence-electron chi connectivity index (χ0n) is 11.6. The number of likely N-dealkylation sites (N-methyl/N-ethyl adjacent to an activating group) is 1. The van der Waals surface area contributed by atoms with Gasteiger partial charge in [0.1, 0.15) is 5.82 Å². The Morgan fingerprint density at radius 1 is 1.05 bits per heavy atom. The Kier molecular flexibility index (Phi) is 5.74. The third-order valence-electron chi connectivity index (χ3n) is 3.24. The van der Waals surface area contributed by atoms with Crippen molar-refractivity contribution in [2.75, 3.05) is 6.54 Å². The molecule has 0 amide bonds. The van der Waals surface area contributed by atoms with Gasteiger partial charge in [0.15, 0.2) is 0 Å². The average Bonchev–Trinajstić information content (AvgIpc) is 2.39. The first-order valence-electron chi connectivity index (χ1n) is 6.89. The SMILES string of the molecule is CCNC(Cc1cccc(F)c1)Cc1cccc(Br)c1. The maximum Gasteiger partial charge on any atom is 0.123 e. The zero-order chi connectivity index (χ0) is 14.4. The van der Waals surface area contributed by atoms with Gasteiger partial charge < -0.3 is 5.32 Å². The first kappa shape index (κ1) is 15.2. The Hall–Kier alpha value is -1.19. The van der Waals surface area contributed by atoms with E-state index in [0.717, 1.165) is 29.4 Å². The fourth-order valence-electron chi connectivity index (χ4n) is 2.40. The van der Waals surface area contributed by atoms with E-state index in [0.29, 0.717) is 6.04 Å². The van der Waals surface area contributed by atoms with Gasteiger partial charge in [0.2, 0.25) is 0 Å². The van der Waals surface area contributed by atoms with Crippen LogP contribution < -0.4 is 5.32 Å². The number of nitrogens with one attached hydrogen (secondary N) is 1. The highest BCUT2D eigenvalue weighted by Gasteiger charge is 2.10. The first-order valence-corrected chi connectivity index (χ1v) is 7.69. The van der Waals surface area contributed by atoms with Crippen LogP contribution in [0, 0.1) is 5.82 Å². The largest absolute Gasteiger partial charge is 0.314 e. The molecule has 0 saturated carbocycles. The quantitative estimate of drug-likeness (QED) is 0.827. The summed E-state index contributed by atoms with van der Waals surface area (Å²) in [6.45, 7) is 3.01. The minimum atomic E-state index is -0.166. The molecule has 0 radical (unpaired) electrons. The topological polar surface area (TPSA) is 12.0 Å². The Labute approximate surface area is 128 Å². The van der Waals surface area contributed by atoms with E-state index in [9.17, 15) is 4.39 Å².